The van der Waals surface area contributed by atoms with Gasteiger partial charge in [0.05, 0.1) is 9.85 Å². The maximum absolute atomic E-state index is 11.1. The third-order valence-corrected chi connectivity index (χ3v) is 12.0. The molecule has 0 spiro atoms. The van der Waals surface area contributed by atoms with Gasteiger partial charge in [0.15, 0.2) is 0 Å². The molecule has 0 atom stereocenters. The Bertz CT molecular complexity index is 1630. The van der Waals surface area contributed by atoms with Crippen LogP contribution in [0.15, 0.2) is 97.1 Å². The number of nitro groups is 2. The first-order valence-corrected chi connectivity index (χ1v) is 19.9. The van der Waals surface area contributed by atoms with Gasteiger partial charge < -0.3 is 9.47 Å². The van der Waals surface area contributed by atoms with Crippen molar-refractivity contribution in [1.82, 2.24) is 0 Å². The summed E-state index contributed by atoms with van der Waals surface area (Å²) in [5, 5.41) is 22.1. The van der Waals surface area contributed by atoms with E-state index in [1.807, 2.05) is 24.3 Å². The molecule has 2 aliphatic carbocycles. The number of non-ortho nitro benzene ring substituents is 2. The molecular weight excluding hydrogens is 665 g/mol. The highest BCUT2D eigenvalue weighted by Gasteiger charge is 2.38. The number of hydrogen-bond acceptors (Lipinski definition) is 6. The van der Waals surface area contributed by atoms with Crippen LogP contribution in [0.4, 0.5) is 11.4 Å². The average Bonchev–Trinajstić information content (AvgIpc) is 3.19. The summed E-state index contributed by atoms with van der Waals surface area (Å²) in [6, 6.07) is 29.0. The predicted octanol–water partition coefficient (Wildman–Crippen LogP) is 13.5. The molecule has 280 valence electrons. The third kappa shape index (κ3) is 10.2. The normalized spacial score (nSPS) is 18.7. The molecule has 0 heterocycles. The van der Waals surface area contributed by atoms with Crippen LogP contribution in [0.2, 0.25) is 0 Å². The van der Waals surface area contributed by atoms with E-state index in [4.69, 9.17) is 9.47 Å². The van der Waals surface area contributed by atoms with E-state index >= 15 is 0 Å². The Hall–Kier alpha value is -4.72. The summed E-state index contributed by atoms with van der Waals surface area (Å²) in [5.41, 5.74) is 2.42. The van der Waals surface area contributed by atoms with E-state index < -0.39 is 9.85 Å². The minimum Gasteiger partial charge on any atom is -0.457 e. The Labute approximate surface area is 314 Å². The second kappa shape index (κ2) is 18.4. The maximum Gasteiger partial charge on any atom is 0.269 e. The second-order valence-electron chi connectivity index (χ2n) is 15.4. The smallest absolute Gasteiger partial charge is 0.269 e. The molecule has 2 saturated carbocycles. The monoisotopic (exact) mass is 718 g/mol. The standard InChI is InChI=1S/C45H54N2O6/c1-2-3-4-5-6-7-34-8-10-35(11-9-34)12-13-36-30-32-45(33-31-36,37-14-22-41(23-15-37)52-43-26-18-39(19-27-43)46(48)49)38-16-24-42(25-17-38)53-44-28-20-40(21-29-44)47(50)51/h14-29,34-36H,2-13,30-33H2,1H3. The van der Waals surface area contributed by atoms with Gasteiger partial charge in [-0.25, -0.2) is 0 Å². The first kappa shape index (κ1) is 38.0. The van der Waals surface area contributed by atoms with E-state index in [2.05, 4.69) is 31.2 Å². The molecule has 6 rings (SSSR count). The Morgan fingerprint density at radius 2 is 0.868 bits per heavy atom. The van der Waals surface area contributed by atoms with Gasteiger partial charge in [0.25, 0.3) is 11.4 Å². The molecule has 2 aliphatic rings. The zero-order valence-electron chi connectivity index (χ0n) is 31.1. The van der Waals surface area contributed by atoms with Crippen LogP contribution in [0, 0.1) is 38.0 Å². The zero-order valence-corrected chi connectivity index (χ0v) is 31.1. The SMILES string of the molecule is CCCCCCCC1CCC(CCC2CCC(c3ccc(Oc4ccc([N+](=O)[O-])cc4)cc3)(c3ccc(Oc4ccc([N+](=O)[O-])cc4)cc3)CC2)CC1. The van der Waals surface area contributed by atoms with Gasteiger partial charge in [0.1, 0.15) is 23.0 Å². The predicted molar refractivity (Wildman–Crippen MR) is 210 cm³/mol. The van der Waals surface area contributed by atoms with Gasteiger partial charge in [0.2, 0.25) is 0 Å². The van der Waals surface area contributed by atoms with E-state index in [9.17, 15) is 20.2 Å². The molecule has 0 saturated heterocycles. The van der Waals surface area contributed by atoms with Crippen LogP contribution in [0.25, 0.3) is 0 Å². The highest BCUT2D eigenvalue weighted by atomic mass is 16.6. The Morgan fingerprint density at radius 1 is 0.509 bits per heavy atom. The molecular formula is C45H54N2O6. The summed E-state index contributed by atoms with van der Waals surface area (Å²) in [6.45, 7) is 2.29. The highest BCUT2D eigenvalue weighted by molar-refractivity contribution is 5.46. The molecule has 0 aromatic heterocycles. The fraction of sp³-hybridized carbons (Fsp3) is 0.467. The molecule has 0 aliphatic heterocycles. The van der Waals surface area contributed by atoms with Crippen molar-refractivity contribution in [3.8, 4) is 23.0 Å². The first-order valence-electron chi connectivity index (χ1n) is 19.9. The lowest BCUT2D eigenvalue weighted by Crippen LogP contribution is -2.33. The van der Waals surface area contributed by atoms with Crippen molar-refractivity contribution < 1.29 is 19.3 Å². The summed E-state index contributed by atoms with van der Waals surface area (Å²) in [7, 11) is 0. The molecule has 4 aromatic carbocycles. The summed E-state index contributed by atoms with van der Waals surface area (Å²) in [6.07, 6.45) is 21.3. The Kier molecular flexibility index (Phi) is 13.2. The largest absolute Gasteiger partial charge is 0.457 e. The van der Waals surface area contributed by atoms with Crippen LogP contribution < -0.4 is 9.47 Å². The van der Waals surface area contributed by atoms with Gasteiger partial charge in [-0.05, 0) is 103 Å². The van der Waals surface area contributed by atoms with Gasteiger partial charge in [-0.2, -0.15) is 0 Å². The maximum atomic E-state index is 11.1. The summed E-state index contributed by atoms with van der Waals surface area (Å²) >= 11 is 0. The van der Waals surface area contributed by atoms with Crippen LogP contribution in [-0.2, 0) is 5.41 Å². The number of hydrogen-bond donors (Lipinski definition) is 0. The number of nitrogens with zero attached hydrogens (tertiary/aromatic N) is 2. The van der Waals surface area contributed by atoms with Crippen LogP contribution in [-0.4, -0.2) is 9.85 Å². The van der Waals surface area contributed by atoms with Crippen molar-refractivity contribution in [2.24, 2.45) is 17.8 Å². The minimum atomic E-state index is -0.414. The van der Waals surface area contributed by atoms with Crippen LogP contribution in [0.1, 0.15) is 121 Å². The van der Waals surface area contributed by atoms with Crippen molar-refractivity contribution in [2.75, 3.05) is 0 Å². The van der Waals surface area contributed by atoms with Crippen molar-refractivity contribution in [3.63, 3.8) is 0 Å². The number of nitro benzene ring substituents is 2. The molecule has 0 bridgehead atoms. The number of rotatable bonds is 17. The van der Waals surface area contributed by atoms with Crippen LogP contribution >= 0.6 is 0 Å². The van der Waals surface area contributed by atoms with E-state index in [-0.39, 0.29) is 16.8 Å². The fourth-order valence-corrected chi connectivity index (χ4v) is 8.75. The third-order valence-electron chi connectivity index (χ3n) is 12.0. The molecule has 53 heavy (non-hydrogen) atoms. The topological polar surface area (TPSA) is 105 Å². The van der Waals surface area contributed by atoms with E-state index in [0.29, 0.717) is 23.0 Å². The Morgan fingerprint density at radius 3 is 1.26 bits per heavy atom. The lowest BCUT2D eigenvalue weighted by molar-refractivity contribution is -0.385. The minimum absolute atomic E-state index is 0.0327. The highest BCUT2D eigenvalue weighted by Crippen LogP contribution is 2.49. The molecule has 4 aromatic rings. The van der Waals surface area contributed by atoms with Crippen molar-refractivity contribution in [2.45, 2.75) is 115 Å². The van der Waals surface area contributed by atoms with Gasteiger partial charge in [-0.15, -0.1) is 0 Å². The molecule has 8 nitrogen and oxygen atoms in total. The number of ether oxygens (including phenoxy) is 2. The van der Waals surface area contributed by atoms with Crippen molar-refractivity contribution in [1.29, 1.82) is 0 Å². The first-order chi connectivity index (χ1) is 25.8. The molecule has 0 N–H and O–H groups in total. The van der Waals surface area contributed by atoms with E-state index in [0.717, 1.165) is 30.6 Å². The Balaban J connectivity index is 1.10. The van der Waals surface area contributed by atoms with Gasteiger partial charge in [-0.3, -0.25) is 20.2 Å². The van der Waals surface area contributed by atoms with Gasteiger partial charge in [-0.1, -0.05) is 108 Å². The summed E-state index contributed by atoms with van der Waals surface area (Å²) in [4.78, 5) is 21.3. The van der Waals surface area contributed by atoms with Crippen LogP contribution in [0.5, 0.6) is 23.0 Å². The van der Waals surface area contributed by atoms with Crippen molar-refractivity contribution in [3.05, 3.63) is 128 Å². The van der Waals surface area contributed by atoms with Gasteiger partial charge in [0, 0.05) is 29.7 Å². The average molecular weight is 719 g/mol. The van der Waals surface area contributed by atoms with Gasteiger partial charge >= 0.3 is 0 Å². The van der Waals surface area contributed by atoms with E-state index in [1.165, 1.54) is 125 Å². The second-order valence-corrected chi connectivity index (χ2v) is 15.4. The summed E-state index contributed by atoms with van der Waals surface area (Å²) < 4.78 is 12.1. The quantitative estimate of drug-likeness (QED) is 0.0611. The molecule has 8 heteroatoms. The summed E-state index contributed by atoms with van der Waals surface area (Å²) in [5.74, 6) is 5.07. The molecule has 2 fully saturated rings. The number of benzene rings is 4. The van der Waals surface area contributed by atoms with Crippen LogP contribution in [0.3, 0.4) is 0 Å². The molecule has 0 unspecified atom stereocenters. The number of unbranched alkanes of at least 4 members (excludes halogenated alkanes) is 4. The molecule has 0 amide bonds. The fourth-order valence-electron chi connectivity index (χ4n) is 8.75. The lowest BCUT2D eigenvalue weighted by atomic mass is 9.62. The van der Waals surface area contributed by atoms with E-state index in [1.54, 1.807) is 24.3 Å². The molecule has 0 radical (unpaired) electrons. The lowest BCUT2D eigenvalue weighted by Gasteiger charge is -2.42. The zero-order chi connectivity index (χ0) is 37.0. The van der Waals surface area contributed by atoms with Crippen molar-refractivity contribution >= 4 is 11.4 Å².